The number of carbonyl (C=O) groups excluding carboxylic acids is 1. The SMILES string of the molecule is CC1(C(=O)N2CCC[C@@H]2CO)CNC1. The summed E-state index contributed by atoms with van der Waals surface area (Å²) < 4.78 is 0. The van der Waals surface area contributed by atoms with E-state index in [0.717, 1.165) is 32.5 Å². The van der Waals surface area contributed by atoms with Gasteiger partial charge in [-0.15, -0.1) is 0 Å². The topological polar surface area (TPSA) is 52.6 Å². The van der Waals surface area contributed by atoms with Gasteiger partial charge >= 0.3 is 0 Å². The number of carbonyl (C=O) groups is 1. The largest absolute Gasteiger partial charge is 0.394 e. The predicted molar refractivity (Wildman–Crippen MR) is 52.8 cm³/mol. The molecule has 2 fully saturated rings. The van der Waals surface area contributed by atoms with Crippen LogP contribution in [0.4, 0.5) is 0 Å². The first-order valence-corrected chi connectivity index (χ1v) is 5.30. The number of amides is 1. The van der Waals surface area contributed by atoms with Gasteiger partial charge in [-0.2, -0.15) is 0 Å². The third-order valence-corrected chi connectivity index (χ3v) is 3.40. The Kier molecular flexibility index (Phi) is 2.49. The minimum Gasteiger partial charge on any atom is -0.394 e. The van der Waals surface area contributed by atoms with E-state index < -0.39 is 0 Å². The Balaban J connectivity index is 2.03. The number of nitrogens with one attached hydrogen (secondary N) is 1. The van der Waals surface area contributed by atoms with Crippen molar-refractivity contribution in [1.82, 2.24) is 10.2 Å². The van der Waals surface area contributed by atoms with Gasteiger partial charge in [-0.3, -0.25) is 4.79 Å². The summed E-state index contributed by atoms with van der Waals surface area (Å²) in [5.41, 5.74) is -0.211. The van der Waals surface area contributed by atoms with Crippen molar-refractivity contribution in [3.63, 3.8) is 0 Å². The van der Waals surface area contributed by atoms with Crippen LogP contribution in [-0.2, 0) is 4.79 Å². The summed E-state index contributed by atoms with van der Waals surface area (Å²) in [7, 11) is 0. The van der Waals surface area contributed by atoms with Crippen LogP contribution >= 0.6 is 0 Å². The van der Waals surface area contributed by atoms with Gasteiger partial charge in [-0.1, -0.05) is 0 Å². The molecular weight excluding hydrogens is 180 g/mol. The van der Waals surface area contributed by atoms with Gasteiger partial charge in [0.25, 0.3) is 0 Å². The fourth-order valence-electron chi connectivity index (χ4n) is 2.29. The minimum atomic E-state index is -0.211. The molecule has 0 bridgehead atoms. The van der Waals surface area contributed by atoms with Gasteiger partial charge in [0.1, 0.15) is 0 Å². The molecule has 2 aliphatic heterocycles. The molecule has 0 aromatic heterocycles. The van der Waals surface area contributed by atoms with Gasteiger partial charge in [0.15, 0.2) is 0 Å². The maximum Gasteiger partial charge on any atom is 0.231 e. The Labute approximate surface area is 84.3 Å². The number of hydrogen-bond donors (Lipinski definition) is 2. The van der Waals surface area contributed by atoms with Crippen molar-refractivity contribution in [2.45, 2.75) is 25.8 Å². The van der Waals surface area contributed by atoms with E-state index >= 15 is 0 Å². The molecule has 0 spiro atoms. The maximum absolute atomic E-state index is 12.1. The standard InChI is InChI=1S/C10H18N2O2/c1-10(6-11-7-10)9(14)12-4-2-3-8(12)5-13/h8,11,13H,2-7H2,1H3/t8-/m1/s1. The second-order valence-corrected chi connectivity index (χ2v) is 4.64. The van der Waals surface area contributed by atoms with Crippen LogP contribution in [0.3, 0.4) is 0 Å². The highest BCUT2D eigenvalue weighted by Crippen LogP contribution is 2.28. The van der Waals surface area contributed by atoms with E-state index in [-0.39, 0.29) is 24.0 Å². The first kappa shape index (κ1) is 9.93. The van der Waals surface area contributed by atoms with Crippen molar-refractivity contribution >= 4 is 5.91 Å². The van der Waals surface area contributed by atoms with Crippen molar-refractivity contribution in [1.29, 1.82) is 0 Å². The first-order valence-electron chi connectivity index (χ1n) is 5.30. The van der Waals surface area contributed by atoms with Crippen LogP contribution in [0.15, 0.2) is 0 Å². The molecule has 2 heterocycles. The van der Waals surface area contributed by atoms with E-state index in [4.69, 9.17) is 5.11 Å². The monoisotopic (exact) mass is 198 g/mol. The lowest BCUT2D eigenvalue weighted by atomic mass is 9.82. The molecule has 2 rings (SSSR count). The molecule has 80 valence electrons. The third kappa shape index (κ3) is 1.42. The first-order chi connectivity index (χ1) is 6.67. The fourth-order valence-corrected chi connectivity index (χ4v) is 2.29. The van der Waals surface area contributed by atoms with Crippen LogP contribution in [0.1, 0.15) is 19.8 Å². The number of likely N-dealkylation sites (tertiary alicyclic amines) is 1. The smallest absolute Gasteiger partial charge is 0.231 e. The summed E-state index contributed by atoms with van der Waals surface area (Å²) >= 11 is 0. The van der Waals surface area contributed by atoms with Crippen LogP contribution < -0.4 is 5.32 Å². The van der Waals surface area contributed by atoms with E-state index in [1.54, 1.807) is 0 Å². The van der Waals surface area contributed by atoms with Crippen LogP contribution in [0.2, 0.25) is 0 Å². The van der Waals surface area contributed by atoms with Crippen LogP contribution in [0.25, 0.3) is 0 Å². The average molecular weight is 198 g/mol. The molecule has 0 aromatic rings. The predicted octanol–water partition coefficient (Wildman–Crippen LogP) is -0.421. The molecule has 1 atom stereocenters. The summed E-state index contributed by atoms with van der Waals surface area (Å²) in [6.45, 7) is 4.48. The number of rotatable bonds is 2. The molecule has 0 radical (unpaired) electrons. The van der Waals surface area contributed by atoms with Crippen molar-refractivity contribution in [3.8, 4) is 0 Å². The Bertz CT molecular complexity index is 238. The van der Waals surface area contributed by atoms with E-state index in [1.807, 2.05) is 11.8 Å². The average Bonchev–Trinajstić information content (AvgIpc) is 2.60. The molecule has 2 N–H and O–H groups in total. The van der Waals surface area contributed by atoms with Gasteiger partial charge in [0.2, 0.25) is 5.91 Å². The number of aliphatic hydroxyl groups is 1. The summed E-state index contributed by atoms with van der Waals surface area (Å²) in [5, 5.41) is 12.3. The molecule has 2 saturated heterocycles. The van der Waals surface area contributed by atoms with Crippen molar-refractivity contribution in [2.24, 2.45) is 5.41 Å². The molecular formula is C10H18N2O2. The lowest BCUT2D eigenvalue weighted by Gasteiger charge is -2.41. The summed E-state index contributed by atoms with van der Waals surface area (Å²) in [6.07, 6.45) is 1.98. The third-order valence-electron chi connectivity index (χ3n) is 3.40. The maximum atomic E-state index is 12.1. The van der Waals surface area contributed by atoms with Gasteiger partial charge in [-0.25, -0.2) is 0 Å². The van der Waals surface area contributed by atoms with E-state index in [2.05, 4.69) is 5.32 Å². The van der Waals surface area contributed by atoms with Gasteiger partial charge < -0.3 is 15.3 Å². The Morgan fingerprint density at radius 1 is 1.64 bits per heavy atom. The second-order valence-electron chi connectivity index (χ2n) is 4.64. The quantitative estimate of drug-likeness (QED) is 0.633. The Morgan fingerprint density at radius 3 is 2.86 bits per heavy atom. The summed E-state index contributed by atoms with van der Waals surface area (Å²) in [4.78, 5) is 14.0. The van der Waals surface area contributed by atoms with Crippen LogP contribution in [0, 0.1) is 5.41 Å². The van der Waals surface area contributed by atoms with Gasteiger partial charge in [0.05, 0.1) is 18.1 Å². The zero-order valence-corrected chi connectivity index (χ0v) is 8.62. The van der Waals surface area contributed by atoms with E-state index in [1.165, 1.54) is 0 Å². The lowest BCUT2D eigenvalue weighted by molar-refractivity contribution is -0.145. The minimum absolute atomic E-state index is 0.0694. The normalized spacial score (nSPS) is 30.1. The van der Waals surface area contributed by atoms with Gasteiger partial charge in [0, 0.05) is 19.6 Å². The Hall–Kier alpha value is -0.610. The molecule has 4 nitrogen and oxygen atoms in total. The van der Waals surface area contributed by atoms with Crippen molar-refractivity contribution in [3.05, 3.63) is 0 Å². The number of hydrogen-bond acceptors (Lipinski definition) is 3. The second kappa shape index (κ2) is 3.51. The zero-order chi connectivity index (χ0) is 10.2. The molecule has 14 heavy (non-hydrogen) atoms. The molecule has 2 aliphatic rings. The summed E-state index contributed by atoms with van der Waals surface area (Å²) in [5.74, 6) is 0.216. The zero-order valence-electron chi connectivity index (χ0n) is 8.62. The number of aliphatic hydroxyl groups excluding tert-OH is 1. The highest BCUT2D eigenvalue weighted by Gasteiger charge is 2.44. The fraction of sp³-hybridized carbons (Fsp3) is 0.900. The number of nitrogens with zero attached hydrogens (tertiary/aromatic N) is 1. The molecule has 4 heteroatoms. The molecule has 0 aliphatic carbocycles. The van der Waals surface area contributed by atoms with Crippen LogP contribution in [0.5, 0.6) is 0 Å². The lowest BCUT2D eigenvalue weighted by Crippen LogP contribution is -2.61. The van der Waals surface area contributed by atoms with E-state index in [9.17, 15) is 4.79 Å². The van der Waals surface area contributed by atoms with E-state index in [0.29, 0.717) is 0 Å². The van der Waals surface area contributed by atoms with Crippen LogP contribution in [-0.4, -0.2) is 48.2 Å². The molecule has 0 unspecified atom stereocenters. The van der Waals surface area contributed by atoms with Crippen molar-refractivity contribution < 1.29 is 9.90 Å². The highest BCUT2D eigenvalue weighted by atomic mass is 16.3. The van der Waals surface area contributed by atoms with Crippen molar-refractivity contribution in [2.75, 3.05) is 26.2 Å². The van der Waals surface area contributed by atoms with Gasteiger partial charge in [-0.05, 0) is 19.8 Å². The summed E-state index contributed by atoms with van der Waals surface area (Å²) in [6, 6.07) is 0.0694. The Morgan fingerprint density at radius 2 is 2.36 bits per heavy atom. The molecule has 1 amide bonds. The highest BCUT2D eigenvalue weighted by molar-refractivity contribution is 5.84. The molecule has 0 saturated carbocycles. The molecule has 0 aromatic carbocycles.